The van der Waals surface area contributed by atoms with Gasteiger partial charge in [-0.1, -0.05) is 48.2 Å². The first-order chi connectivity index (χ1) is 11.8. The Hall–Kier alpha value is -2.31. The Balaban J connectivity index is 1.62. The smallest absolute Gasteiger partial charge is 0.153 e. The second kappa shape index (κ2) is 7.99. The van der Waals surface area contributed by atoms with E-state index in [4.69, 9.17) is 0 Å². The van der Waals surface area contributed by atoms with E-state index in [0.717, 1.165) is 58.7 Å². The minimum absolute atomic E-state index is 0.731. The van der Waals surface area contributed by atoms with Gasteiger partial charge in [0, 0.05) is 29.4 Å². The van der Waals surface area contributed by atoms with Crippen LogP contribution in [-0.4, -0.2) is 10.9 Å². The third-order valence-electron chi connectivity index (χ3n) is 4.00. The number of aldehydes is 1. The Labute approximate surface area is 150 Å². The first-order valence-electron chi connectivity index (χ1n) is 8.07. The van der Waals surface area contributed by atoms with Gasteiger partial charge in [0.05, 0.1) is 10.2 Å². The molecule has 0 saturated heterocycles. The molecule has 3 aromatic rings. The summed E-state index contributed by atoms with van der Waals surface area (Å²) in [6.45, 7) is 0.877. The maximum Gasteiger partial charge on any atom is 0.153 e. The Morgan fingerprint density at radius 1 is 1.00 bits per heavy atom. The highest BCUT2D eigenvalue weighted by atomic mass is 79.9. The zero-order valence-corrected chi connectivity index (χ0v) is 14.9. The zero-order chi connectivity index (χ0) is 16.8. The van der Waals surface area contributed by atoms with Crippen LogP contribution < -0.4 is 0 Å². The summed E-state index contributed by atoms with van der Waals surface area (Å²) in [6.07, 6.45) is 3.87. The number of hydrogen-bond donors (Lipinski definition) is 0. The average Bonchev–Trinajstić information content (AvgIpc) is 2.90. The summed E-state index contributed by atoms with van der Waals surface area (Å²) in [7, 11) is 0. The summed E-state index contributed by atoms with van der Waals surface area (Å²) in [4.78, 5) is 11.3. The summed E-state index contributed by atoms with van der Waals surface area (Å²) < 4.78 is 3.04. The molecule has 0 amide bonds. The Morgan fingerprint density at radius 2 is 1.75 bits per heavy atom. The van der Waals surface area contributed by atoms with E-state index >= 15 is 0 Å². The van der Waals surface area contributed by atoms with Gasteiger partial charge in [0.1, 0.15) is 0 Å². The van der Waals surface area contributed by atoms with E-state index < -0.39 is 0 Å². The standard InChI is InChI=1S/C21H18BrNO/c22-21-19(16-24)18-13-7-8-14-20(18)23(21)15-9-2-1-4-10-17-11-5-3-6-12-17/h3,5-8,11-14,16H,1-2,9,15H2. The number of nitrogens with zero attached hydrogens (tertiary/aromatic N) is 1. The highest BCUT2D eigenvalue weighted by Gasteiger charge is 2.13. The van der Waals surface area contributed by atoms with Gasteiger partial charge < -0.3 is 4.57 Å². The van der Waals surface area contributed by atoms with Crippen LogP contribution in [0.4, 0.5) is 0 Å². The molecule has 0 atom stereocenters. The van der Waals surface area contributed by atoms with Crippen molar-refractivity contribution in [2.24, 2.45) is 0 Å². The van der Waals surface area contributed by atoms with Crippen molar-refractivity contribution in [3.63, 3.8) is 0 Å². The molecule has 1 aromatic heterocycles. The van der Waals surface area contributed by atoms with Crippen molar-refractivity contribution in [3.05, 3.63) is 70.3 Å². The summed E-state index contributed by atoms with van der Waals surface area (Å²) in [5.74, 6) is 6.41. The van der Waals surface area contributed by atoms with Crippen LogP contribution in [0, 0.1) is 11.8 Å². The number of para-hydroxylation sites is 1. The van der Waals surface area contributed by atoms with Gasteiger partial charge in [0.25, 0.3) is 0 Å². The maximum absolute atomic E-state index is 11.3. The van der Waals surface area contributed by atoms with Gasteiger partial charge in [-0.05, 0) is 47.0 Å². The molecule has 0 aliphatic carbocycles. The topological polar surface area (TPSA) is 22.0 Å². The third kappa shape index (κ3) is 3.60. The van der Waals surface area contributed by atoms with Gasteiger partial charge in [-0.2, -0.15) is 0 Å². The van der Waals surface area contributed by atoms with E-state index in [1.807, 2.05) is 48.5 Å². The van der Waals surface area contributed by atoms with Crippen LogP contribution in [0.25, 0.3) is 10.9 Å². The van der Waals surface area contributed by atoms with Crippen LogP contribution in [-0.2, 0) is 6.54 Å². The predicted molar refractivity (Wildman–Crippen MR) is 102 cm³/mol. The van der Waals surface area contributed by atoms with Gasteiger partial charge >= 0.3 is 0 Å². The fraction of sp³-hybridized carbons (Fsp3) is 0.190. The fourth-order valence-electron chi connectivity index (χ4n) is 2.80. The number of fused-ring (bicyclic) bond motifs is 1. The van der Waals surface area contributed by atoms with E-state index in [0.29, 0.717) is 0 Å². The molecule has 3 rings (SSSR count). The monoisotopic (exact) mass is 379 g/mol. The van der Waals surface area contributed by atoms with Crippen LogP contribution >= 0.6 is 15.9 Å². The molecule has 0 bridgehead atoms. The molecular weight excluding hydrogens is 362 g/mol. The predicted octanol–water partition coefficient (Wildman–Crippen LogP) is 5.44. The van der Waals surface area contributed by atoms with Crippen LogP contribution in [0.15, 0.2) is 59.2 Å². The van der Waals surface area contributed by atoms with Gasteiger partial charge in [-0.25, -0.2) is 0 Å². The number of carbonyl (C=O) groups is 1. The van der Waals surface area contributed by atoms with E-state index in [2.05, 4.69) is 38.4 Å². The third-order valence-corrected chi connectivity index (χ3v) is 4.86. The largest absolute Gasteiger partial charge is 0.335 e. The molecule has 0 saturated carbocycles. The van der Waals surface area contributed by atoms with E-state index in [9.17, 15) is 4.79 Å². The molecule has 24 heavy (non-hydrogen) atoms. The van der Waals surface area contributed by atoms with Crippen molar-refractivity contribution >= 4 is 33.1 Å². The molecule has 0 N–H and O–H groups in total. The minimum Gasteiger partial charge on any atom is -0.335 e. The SMILES string of the molecule is O=Cc1c(Br)n(CCCCC#Cc2ccccc2)c2ccccc12. The molecular formula is C21H18BrNO. The Morgan fingerprint density at radius 3 is 2.54 bits per heavy atom. The molecule has 0 aliphatic heterocycles. The van der Waals surface area contributed by atoms with E-state index in [1.165, 1.54) is 0 Å². The van der Waals surface area contributed by atoms with Gasteiger partial charge in [-0.3, -0.25) is 4.79 Å². The van der Waals surface area contributed by atoms with Gasteiger partial charge in [0.15, 0.2) is 6.29 Å². The summed E-state index contributed by atoms with van der Waals surface area (Å²) in [5.41, 5.74) is 2.89. The van der Waals surface area contributed by atoms with Crippen molar-refractivity contribution in [2.75, 3.05) is 0 Å². The molecule has 0 unspecified atom stereocenters. The molecule has 120 valence electrons. The number of carbonyl (C=O) groups excluding carboxylic acids is 1. The van der Waals surface area contributed by atoms with Crippen molar-refractivity contribution in [3.8, 4) is 11.8 Å². The minimum atomic E-state index is 0.731. The first kappa shape index (κ1) is 16.5. The number of unbranched alkanes of at least 4 members (excludes halogenated alkanes) is 2. The lowest BCUT2D eigenvalue weighted by molar-refractivity contribution is 0.112. The van der Waals surface area contributed by atoms with E-state index in [-0.39, 0.29) is 0 Å². The van der Waals surface area contributed by atoms with Crippen LogP contribution in [0.5, 0.6) is 0 Å². The van der Waals surface area contributed by atoms with Gasteiger partial charge in [0.2, 0.25) is 0 Å². The Bertz CT molecular complexity index is 900. The lowest BCUT2D eigenvalue weighted by Crippen LogP contribution is -1.98. The molecule has 0 spiro atoms. The highest BCUT2D eigenvalue weighted by Crippen LogP contribution is 2.29. The van der Waals surface area contributed by atoms with Crippen molar-refractivity contribution in [1.29, 1.82) is 0 Å². The highest BCUT2D eigenvalue weighted by molar-refractivity contribution is 9.10. The molecule has 2 aromatic carbocycles. The van der Waals surface area contributed by atoms with Gasteiger partial charge in [-0.15, -0.1) is 0 Å². The number of aryl methyl sites for hydroxylation is 1. The number of rotatable bonds is 5. The lowest BCUT2D eigenvalue weighted by atomic mass is 10.2. The number of aromatic nitrogens is 1. The zero-order valence-electron chi connectivity index (χ0n) is 13.3. The molecule has 3 heteroatoms. The molecule has 1 heterocycles. The van der Waals surface area contributed by atoms with Crippen molar-refractivity contribution < 1.29 is 4.79 Å². The second-order valence-corrected chi connectivity index (χ2v) is 6.37. The lowest BCUT2D eigenvalue weighted by Gasteiger charge is -2.06. The van der Waals surface area contributed by atoms with Crippen molar-refractivity contribution in [1.82, 2.24) is 4.57 Å². The summed E-state index contributed by atoms with van der Waals surface area (Å²) in [5, 5.41) is 1.00. The van der Waals surface area contributed by atoms with Crippen LogP contribution in [0.1, 0.15) is 35.2 Å². The Kier molecular flexibility index (Phi) is 5.51. The number of hydrogen-bond acceptors (Lipinski definition) is 1. The van der Waals surface area contributed by atoms with Crippen LogP contribution in [0.2, 0.25) is 0 Å². The molecule has 2 nitrogen and oxygen atoms in total. The summed E-state index contributed by atoms with van der Waals surface area (Å²) >= 11 is 3.57. The number of benzene rings is 2. The molecule has 0 radical (unpaired) electrons. The fourth-order valence-corrected chi connectivity index (χ4v) is 3.47. The molecule has 0 aliphatic rings. The summed E-state index contributed by atoms with van der Waals surface area (Å²) in [6, 6.07) is 18.1. The molecule has 0 fully saturated rings. The van der Waals surface area contributed by atoms with Crippen molar-refractivity contribution in [2.45, 2.75) is 25.8 Å². The van der Waals surface area contributed by atoms with E-state index in [1.54, 1.807) is 0 Å². The second-order valence-electron chi connectivity index (χ2n) is 5.62. The maximum atomic E-state index is 11.3. The van der Waals surface area contributed by atoms with Crippen LogP contribution in [0.3, 0.4) is 0 Å². The number of halogens is 1. The normalized spacial score (nSPS) is 10.4. The average molecular weight is 380 g/mol. The first-order valence-corrected chi connectivity index (χ1v) is 8.86. The quantitative estimate of drug-likeness (QED) is 0.328.